The van der Waals surface area contributed by atoms with Gasteiger partial charge in [-0.15, -0.1) is 0 Å². The van der Waals surface area contributed by atoms with E-state index in [4.69, 9.17) is 22.1 Å². The Kier molecular flexibility index (Phi) is 2.66. The fourth-order valence-electron chi connectivity index (χ4n) is 1.86. The van der Waals surface area contributed by atoms with Gasteiger partial charge >= 0.3 is 0 Å². The van der Waals surface area contributed by atoms with Crippen LogP contribution < -0.4 is 10.5 Å². The van der Waals surface area contributed by atoms with Gasteiger partial charge in [0.15, 0.2) is 0 Å². The Balaban J connectivity index is 2.55. The third kappa shape index (κ3) is 1.49. The summed E-state index contributed by atoms with van der Waals surface area (Å²) in [5.41, 5.74) is 8.17. The Morgan fingerprint density at radius 2 is 2.36 bits per heavy atom. The van der Waals surface area contributed by atoms with E-state index in [1.807, 2.05) is 12.1 Å². The number of hydrogen-bond acceptors (Lipinski definition) is 2. The monoisotopic (exact) mass is 211 g/mol. The van der Waals surface area contributed by atoms with E-state index in [9.17, 15) is 0 Å². The summed E-state index contributed by atoms with van der Waals surface area (Å²) in [6.45, 7) is 2.77. The molecule has 1 aliphatic heterocycles. The molecule has 0 bridgehead atoms. The Labute approximate surface area is 89.0 Å². The molecule has 1 heterocycles. The molecule has 76 valence electrons. The molecule has 1 aromatic carbocycles. The van der Waals surface area contributed by atoms with Crippen LogP contribution >= 0.6 is 11.6 Å². The normalized spacial score (nSPS) is 20.1. The highest BCUT2D eigenvalue weighted by molar-refractivity contribution is 6.31. The topological polar surface area (TPSA) is 35.2 Å². The number of benzene rings is 1. The smallest absolute Gasteiger partial charge is 0.128 e. The molecule has 0 saturated heterocycles. The molecule has 3 heteroatoms. The molecule has 1 atom stereocenters. The minimum atomic E-state index is 0.0984. The first-order chi connectivity index (χ1) is 6.74. The fourth-order valence-corrected chi connectivity index (χ4v) is 2.14. The zero-order valence-electron chi connectivity index (χ0n) is 8.22. The molecule has 1 unspecified atom stereocenters. The quantitative estimate of drug-likeness (QED) is 0.775. The van der Waals surface area contributed by atoms with E-state index in [0.29, 0.717) is 6.61 Å². The van der Waals surface area contributed by atoms with Gasteiger partial charge < -0.3 is 10.5 Å². The predicted octanol–water partition coefficient (Wildman–Crippen LogP) is 2.68. The number of hydrogen-bond donors (Lipinski definition) is 1. The Morgan fingerprint density at radius 1 is 1.57 bits per heavy atom. The molecule has 1 aromatic rings. The molecule has 2 nitrogen and oxygen atoms in total. The van der Waals surface area contributed by atoms with Crippen LogP contribution in [0.5, 0.6) is 5.75 Å². The molecule has 0 saturated carbocycles. The van der Waals surface area contributed by atoms with E-state index in [1.165, 1.54) is 0 Å². The number of rotatable bonds is 1. The third-order valence-corrected chi connectivity index (χ3v) is 3.02. The summed E-state index contributed by atoms with van der Waals surface area (Å²) in [7, 11) is 0. The molecular weight excluding hydrogens is 198 g/mol. The molecule has 0 aromatic heterocycles. The molecular formula is C11H14ClNO. The Hall–Kier alpha value is -0.730. The van der Waals surface area contributed by atoms with Gasteiger partial charge in [0.2, 0.25) is 0 Å². The van der Waals surface area contributed by atoms with E-state index in [2.05, 4.69) is 6.92 Å². The van der Waals surface area contributed by atoms with Crippen molar-refractivity contribution >= 4 is 11.6 Å². The van der Waals surface area contributed by atoms with Crippen molar-refractivity contribution in [2.45, 2.75) is 25.8 Å². The van der Waals surface area contributed by atoms with Crippen molar-refractivity contribution in [2.24, 2.45) is 5.73 Å². The number of halogens is 1. The summed E-state index contributed by atoms with van der Waals surface area (Å²) in [5, 5.41) is 0.778. The molecule has 2 rings (SSSR count). The lowest BCUT2D eigenvalue weighted by atomic mass is 9.97. The van der Waals surface area contributed by atoms with Crippen molar-refractivity contribution in [1.29, 1.82) is 0 Å². The highest BCUT2D eigenvalue weighted by Crippen LogP contribution is 2.37. The van der Waals surface area contributed by atoms with Crippen molar-refractivity contribution in [2.75, 3.05) is 6.61 Å². The molecule has 14 heavy (non-hydrogen) atoms. The van der Waals surface area contributed by atoms with Crippen molar-refractivity contribution in [3.63, 3.8) is 0 Å². The maximum absolute atomic E-state index is 6.09. The summed E-state index contributed by atoms with van der Waals surface area (Å²) in [6, 6.07) is 3.98. The van der Waals surface area contributed by atoms with E-state index in [0.717, 1.165) is 34.7 Å². The highest BCUT2D eigenvalue weighted by atomic mass is 35.5. The second kappa shape index (κ2) is 3.79. The lowest BCUT2D eigenvalue weighted by molar-refractivity contribution is 0.266. The Bertz CT molecular complexity index is 351. The fraction of sp³-hybridized carbons (Fsp3) is 0.455. The minimum absolute atomic E-state index is 0.0984. The first kappa shape index (κ1) is 9.81. The van der Waals surface area contributed by atoms with Crippen molar-refractivity contribution in [3.8, 4) is 5.75 Å². The van der Waals surface area contributed by atoms with Crippen molar-refractivity contribution in [3.05, 3.63) is 28.3 Å². The van der Waals surface area contributed by atoms with E-state index >= 15 is 0 Å². The predicted molar refractivity (Wildman–Crippen MR) is 57.9 cm³/mol. The van der Waals surface area contributed by atoms with Crippen LogP contribution in [0.2, 0.25) is 5.02 Å². The summed E-state index contributed by atoms with van der Waals surface area (Å²) >= 11 is 6.09. The SMILES string of the molecule is CCc1c(Cl)ccc2c1OCCC2N. The van der Waals surface area contributed by atoms with Crippen LogP contribution in [0.1, 0.15) is 30.5 Å². The molecule has 1 aliphatic rings. The van der Waals surface area contributed by atoms with Crippen LogP contribution in [0.3, 0.4) is 0 Å². The molecule has 2 N–H and O–H groups in total. The van der Waals surface area contributed by atoms with Gasteiger partial charge in [-0.25, -0.2) is 0 Å². The molecule has 0 fully saturated rings. The van der Waals surface area contributed by atoms with E-state index in [1.54, 1.807) is 0 Å². The van der Waals surface area contributed by atoms with Crippen LogP contribution in [0, 0.1) is 0 Å². The van der Waals surface area contributed by atoms with Gasteiger partial charge in [-0.1, -0.05) is 24.6 Å². The second-order valence-electron chi connectivity index (χ2n) is 3.54. The molecule has 0 amide bonds. The number of ether oxygens (including phenoxy) is 1. The zero-order valence-corrected chi connectivity index (χ0v) is 8.97. The zero-order chi connectivity index (χ0) is 10.1. The summed E-state index contributed by atoms with van der Waals surface area (Å²) in [4.78, 5) is 0. The largest absolute Gasteiger partial charge is 0.493 e. The molecule has 0 aliphatic carbocycles. The number of nitrogens with two attached hydrogens (primary N) is 1. The second-order valence-corrected chi connectivity index (χ2v) is 3.95. The first-order valence-corrected chi connectivity index (χ1v) is 5.31. The maximum Gasteiger partial charge on any atom is 0.128 e. The maximum atomic E-state index is 6.09. The van der Waals surface area contributed by atoms with Crippen molar-refractivity contribution in [1.82, 2.24) is 0 Å². The van der Waals surface area contributed by atoms with Gasteiger partial charge in [0.05, 0.1) is 6.61 Å². The standard InChI is InChI=1S/C11H14ClNO/c1-2-7-9(12)4-3-8-10(13)5-6-14-11(7)8/h3-4,10H,2,5-6,13H2,1H3. The van der Waals surface area contributed by atoms with Crippen LogP contribution in [-0.2, 0) is 6.42 Å². The van der Waals surface area contributed by atoms with Crippen molar-refractivity contribution < 1.29 is 4.74 Å². The number of fused-ring (bicyclic) bond motifs is 1. The van der Waals surface area contributed by atoms with Crippen LogP contribution in [0.25, 0.3) is 0 Å². The summed E-state index contributed by atoms with van der Waals surface area (Å²) < 4.78 is 5.63. The highest BCUT2D eigenvalue weighted by Gasteiger charge is 2.21. The first-order valence-electron chi connectivity index (χ1n) is 4.93. The molecule has 0 spiro atoms. The average molecular weight is 212 g/mol. The van der Waals surface area contributed by atoms with Crippen LogP contribution in [-0.4, -0.2) is 6.61 Å². The van der Waals surface area contributed by atoms with E-state index < -0.39 is 0 Å². The van der Waals surface area contributed by atoms with Gasteiger partial charge in [-0.2, -0.15) is 0 Å². The summed E-state index contributed by atoms with van der Waals surface area (Å²) in [6.07, 6.45) is 1.77. The Morgan fingerprint density at radius 3 is 3.07 bits per heavy atom. The van der Waals surface area contributed by atoms with Gasteiger partial charge in [0.1, 0.15) is 5.75 Å². The van der Waals surface area contributed by atoms with Crippen LogP contribution in [0.15, 0.2) is 12.1 Å². The third-order valence-electron chi connectivity index (χ3n) is 2.66. The lowest BCUT2D eigenvalue weighted by Crippen LogP contribution is -2.21. The van der Waals surface area contributed by atoms with Crippen LogP contribution in [0.4, 0.5) is 0 Å². The van der Waals surface area contributed by atoms with Gasteiger partial charge in [0.25, 0.3) is 0 Å². The van der Waals surface area contributed by atoms with Gasteiger partial charge in [-0.3, -0.25) is 0 Å². The minimum Gasteiger partial charge on any atom is -0.493 e. The van der Waals surface area contributed by atoms with Gasteiger partial charge in [0, 0.05) is 28.6 Å². The average Bonchev–Trinajstić information content (AvgIpc) is 2.18. The lowest BCUT2D eigenvalue weighted by Gasteiger charge is -2.25. The van der Waals surface area contributed by atoms with Gasteiger partial charge in [-0.05, 0) is 12.5 Å². The summed E-state index contributed by atoms with van der Waals surface area (Å²) in [5.74, 6) is 0.916. The molecule has 0 radical (unpaired) electrons. The van der Waals surface area contributed by atoms with E-state index in [-0.39, 0.29) is 6.04 Å².